The van der Waals surface area contributed by atoms with E-state index in [9.17, 15) is 14.4 Å². The van der Waals surface area contributed by atoms with Crippen molar-refractivity contribution in [3.05, 3.63) is 64.7 Å². The summed E-state index contributed by atoms with van der Waals surface area (Å²) in [5, 5.41) is 5.27. The molecule has 6 heteroatoms. The van der Waals surface area contributed by atoms with Gasteiger partial charge in [-0.2, -0.15) is 0 Å². The van der Waals surface area contributed by atoms with Crippen molar-refractivity contribution in [1.82, 2.24) is 5.32 Å². The summed E-state index contributed by atoms with van der Waals surface area (Å²) in [6, 6.07) is 12.7. The molecule has 6 nitrogen and oxygen atoms in total. The van der Waals surface area contributed by atoms with Crippen LogP contribution in [0.4, 0.5) is 5.69 Å². The smallest absolute Gasteiger partial charge is 0.339 e. The van der Waals surface area contributed by atoms with E-state index in [1.807, 2.05) is 38.1 Å². The lowest BCUT2D eigenvalue weighted by Crippen LogP contribution is -2.40. The van der Waals surface area contributed by atoms with E-state index in [0.717, 1.165) is 22.4 Å². The predicted molar refractivity (Wildman–Crippen MR) is 104 cm³/mol. The monoisotopic (exact) mass is 368 g/mol. The quantitative estimate of drug-likeness (QED) is 0.768. The molecule has 0 saturated carbocycles. The highest BCUT2D eigenvalue weighted by Crippen LogP contribution is 2.19. The molecule has 0 heterocycles. The molecule has 0 aromatic heterocycles. The molecule has 2 aromatic carbocycles. The molecule has 142 valence electrons. The molecule has 0 aliphatic rings. The Balaban J connectivity index is 1.86. The maximum atomic E-state index is 12.2. The van der Waals surface area contributed by atoms with E-state index in [-0.39, 0.29) is 12.5 Å². The number of aryl methyl sites for hydroxylation is 3. The summed E-state index contributed by atoms with van der Waals surface area (Å²) in [4.78, 5) is 36.4. The molecular formula is C21H24N2O4. The van der Waals surface area contributed by atoms with Crippen molar-refractivity contribution in [2.24, 2.45) is 0 Å². The largest absolute Gasteiger partial charge is 0.449 e. The number of nitrogens with one attached hydrogen (secondary N) is 2. The highest BCUT2D eigenvalue weighted by Gasteiger charge is 2.20. The standard InChI is InChI=1S/C21H24N2O4/c1-13-8-5-6-11-17(13)21(26)27-16(4)20(25)22-12-18(24)23-19-14(2)9-7-10-15(19)3/h5-11,16H,12H2,1-4H3,(H,22,25)(H,23,24). The SMILES string of the molecule is Cc1ccccc1C(=O)OC(C)C(=O)NCC(=O)Nc1c(C)cccc1C. The van der Waals surface area contributed by atoms with Crippen molar-refractivity contribution in [1.29, 1.82) is 0 Å². The molecule has 0 aliphatic carbocycles. The van der Waals surface area contributed by atoms with Gasteiger partial charge in [-0.1, -0.05) is 36.4 Å². The van der Waals surface area contributed by atoms with E-state index < -0.39 is 18.0 Å². The molecule has 1 atom stereocenters. The molecule has 0 fully saturated rings. The van der Waals surface area contributed by atoms with E-state index in [1.54, 1.807) is 25.1 Å². The zero-order chi connectivity index (χ0) is 20.0. The molecule has 0 radical (unpaired) electrons. The van der Waals surface area contributed by atoms with Crippen LogP contribution in [0, 0.1) is 20.8 Å². The summed E-state index contributed by atoms with van der Waals surface area (Å²) in [6.07, 6.45) is -1.01. The molecule has 2 amide bonds. The number of amides is 2. The van der Waals surface area contributed by atoms with Crippen LogP contribution in [0.2, 0.25) is 0 Å². The summed E-state index contributed by atoms with van der Waals surface area (Å²) in [5.74, 6) is -1.46. The minimum absolute atomic E-state index is 0.209. The Kier molecular flexibility index (Phi) is 6.71. The van der Waals surface area contributed by atoms with E-state index >= 15 is 0 Å². The number of benzene rings is 2. The fraction of sp³-hybridized carbons (Fsp3) is 0.286. The van der Waals surface area contributed by atoms with Gasteiger partial charge in [-0.25, -0.2) is 4.79 Å². The van der Waals surface area contributed by atoms with Gasteiger partial charge in [0.2, 0.25) is 5.91 Å². The summed E-state index contributed by atoms with van der Waals surface area (Å²) < 4.78 is 5.19. The molecule has 2 rings (SSSR count). The second kappa shape index (κ2) is 8.98. The van der Waals surface area contributed by atoms with Crippen molar-refractivity contribution in [2.45, 2.75) is 33.8 Å². The molecule has 0 saturated heterocycles. The minimum atomic E-state index is -1.01. The Morgan fingerprint density at radius 3 is 2.15 bits per heavy atom. The highest BCUT2D eigenvalue weighted by atomic mass is 16.5. The number of esters is 1. The van der Waals surface area contributed by atoms with E-state index in [4.69, 9.17) is 4.74 Å². The van der Waals surface area contributed by atoms with Gasteiger partial charge in [-0.15, -0.1) is 0 Å². The Morgan fingerprint density at radius 2 is 1.52 bits per heavy atom. The lowest BCUT2D eigenvalue weighted by Gasteiger charge is -2.15. The molecule has 1 unspecified atom stereocenters. The van der Waals surface area contributed by atoms with Gasteiger partial charge in [0.25, 0.3) is 5.91 Å². The van der Waals surface area contributed by atoms with Crippen LogP contribution in [0.15, 0.2) is 42.5 Å². The van der Waals surface area contributed by atoms with Crippen molar-refractivity contribution in [2.75, 3.05) is 11.9 Å². The Labute approximate surface area is 158 Å². The maximum absolute atomic E-state index is 12.2. The van der Waals surface area contributed by atoms with Crippen LogP contribution < -0.4 is 10.6 Å². The number of para-hydroxylation sites is 1. The molecule has 0 spiro atoms. The van der Waals surface area contributed by atoms with Gasteiger partial charge in [-0.3, -0.25) is 9.59 Å². The van der Waals surface area contributed by atoms with Crippen LogP contribution in [0.25, 0.3) is 0 Å². The first-order valence-electron chi connectivity index (χ1n) is 8.70. The molecular weight excluding hydrogens is 344 g/mol. The Morgan fingerprint density at radius 1 is 0.926 bits per heavy atom. The molecule has 2 aromatic rings. The third-order valence-electron chi connectivity index (χ3n) is 4.19. The van der Waals surface area contributed by atoms with Crippen LogP contribution in [-0.2, 0) is 14.3 Å². The third-order valence-corrected chi connectivity index (χ3v) is 4.19. The van der Waals surface area contributed by atoms with Gasteiger partial charge in [0.05, 0.1) is 12.1 Å². The van der Waals surface area contributed by atoms with Crippen molar-refractivity contribution in [3.8, 4) is 0 Å². The van der Waals surface area contributed by atoms with Crippen LogP contribution in [-0.4, -0.2) is 30.4 Å². The zero-order valence-electron chi connectivity index (χ0n) is 16.0. The molecule has 0 bridgehead atoms. The van der Waals surface area contributed by atoms with Crippen LogP contribution in [0.3, 0.4) is 0 Å². The number of carbonyl (C=O) groups is 3. The van der Waals surface area contributed by atoms with Crippen molar-refractivity contribution < 1.29 is 19.1 Å². The molecule has 2 N–H and O–H groups in total. The minimum Gasteiger partial charge on any atom is -0.449 e. The second-order valence-corrected chi connectivity index (χ2v) is 6.40. The van der Waals surface area contributed by atoms with Gasteiger partial charge < -0.3 is 15.4 Å². The van der Waals surface area contributed by atoms with Crippen LogP contribution in [0.1, 0.15) is 34.0 Å². The van der Waals surface area contributed by atoms with Crippen molar-refractivity contribution >= 4 is 23.5 Å². The van der Waals surface area contributed by atoms with E-state index in [2.05, 4.69) is 10.6 Å². The highest BCUT2D eigenvalue weighted by molar-refractivity contribution is 5.97. The second-order valence-electron chi connectivity index (χ2n) is 6.40. The first-order chi connectivity index (χ1) is 12.8. The maximum Gasteiger partial charge on any atom is 0.339 e. The van der Waals surface area contributed by atoms with Gasteiger partial charge in [0.15, 0.2) is 6.10 Å². The number of hydrogen-bond acceptors (Lipinski definition) is 4. The zero-order valence-corrected chi connectivity index (χ0v) is 16.0. The molecule has 0 aliphatic heterocycles. The topological polar surface area (TPSA) is 84.5 Å². The third kappa shape index (κ3) is 5.41. The first kappa shape index (κ1) is 20.2. The summed E-state index contributed by atoms with van der Waals surface area (Å²) >= 11 is 0. The average Bonchev–Trinajstić information content (AvgIpc) is 2.63. The van der Waals surface area contributed by atoms with E-state index in [1.165, 1.54) is 6.92 Å². The lowest BCUT2D eigenvalue weighted by molar-refractivity contribution is -0.130. The van der Waals surface area contributed by atoms with Crippen molar-refractivity contribution in [3.63, 3.8) is 0 Å². The fourth-order valence-corrected chi connectivity index (χ4v) is 2.59. The Hall–Kier alpha value is -3.15. The van der Waals surface area contributed by atoms with Gasteiger partial charge in [0.1, 0.15) is 0 Å². The Bertz CT molecular complexity index is 841. The number of hydrogen-bond donors (Lipinski definition) is 2. The van der Waals surface area contributed by atoms with Gasteiger partial charge in [-0.05, 0) is 50.5 Å². The van der Waals surface area contributed by atoms with Gasteiger partial charge in [0, 0.05) is 5.69 Å². The summed E-state index contributed by atoms with van der Waals surface area (Å²) in [7, 11) is 0. The van der Waals surface area contributed by atoms with Gasteiger partial charge >= 0.3 is 5.97 Å². The summed E-state index contributed by atoms with van der Waals surface area (Å²) in [6.45, 7) is 6.84. The number of carbonyl (C=O) groups excluding carboxylic acids is 3. The number of anilines is 1. The summed E-state index contributed by atoms with van der Waals surface area (Å²) in [5.41, 5.74) is 3.79. The average molecular weight is 368 g/mol. The van der Waals surface area contributed by atoms with Crippen LogP contribution >= 0.6 is 0 Å². The van der Waals surface area contributed by atoms with Crippen LogP contribution in [0.5, 0.6) is 0 Å². The number of rotatable bonds is 6. The number of ether oxygens (including phenoxy) is 1. The first-order valence-corrected chi connectivity index (χ1v) is 8.70. The lowest BCUT2D eigenvalue weighted by atomic mass is 10.1. The normalized spacial score (nSPS) is 11.4. The fourth-order valence-electron chi connectivity index (χ4n) is 2.59. The predicted octanol–water partition coefficient (Wildman–Crippen LogP) is 2.91. The van der Waals surface area contributed by atoms with E-state index in [0.29, 0.717) is 5.56 Å². The molecule has 27 heavy (non-hydrogen) atoms.